The molecule has 0 spiro atoms. The van der Waals surface area contributed by atoms with Gasteiger partial charge in [-0.3, -0.25) is 4.79 Å². The number of anilines is 1. The number of carbonyl (C=O) groups is 1. The lowest BCUT2D eigenvalue weighted by Crippen LogP contribution is -2.39. The van der Waals surface area contributed by atoms with Gasteiger partial charge in [0.15, 0.2) is 9.84 Å². The van der Waals surface area contributed by atoms with Gasteiger partial charge < -0.3 is 5.32 Å². The zero-order valence-corrected chi connectivity index (χ0v) is 18.0. The van der Waals surface area contributed by atoms with Crippen molar-refractivity contribution in [3.8, 4) is 0 Å². The van der Waals surface area contributed by atoms with E-state index < -0.39 is 25.8 Å². The Labute approximate surface area is 171 Å². The predicted octanol–water partition coefficient (Wildman–Crippen LogP) is 2.76. The maximum absolute atomic E-state index is 12.8. The number of nitrogens with one attached hydrogen (secondary N) is 1. The number of amides is 1. The van der Waals surface area contributed by atoms with Gasteiger partial charge in [-0.15, -0.1) is 0 Å². The average Bonchev–Trinajstić information content (AvgIpc) is 2.68. The van der Waals surface area contributed by atoms with Crippen molar-refractivity contribution in [3.63, 3.8) is 0 Å². The summed E-state index contributed by atoms with van der Waals surface area (Å²) in [5, 5.41) is 2.67. The Morgan fingerprint density at radius 3 is 2.10 bits per heavy atom. The number of hydrogen-bond donors (Lipinski definition) is 1. The summed E-state index contributed by atoms with van der Waals surface area (Å²) < 4.78 is 50.1. The molecule has 0 radical (unpaired) electrons. The number of carbonyl (C=O) groups excluding carboxylic acids is 1. The first-order valence-corrected chi connectivity index (χ1v) is 12.6. The van der Waals surface area contributed by atoms with Crippen LogP contribution in [0.4, 0.5) is 5.69 Å². The van der Waals surface area contributed by atoms with E-state index in [2.05, 4.69) is 5.32 Å². The van der Waals surface area contributed by atoms with Gasteiger partial charge in [0.2, 0.25) is 10.0 Å². The highest BCUT2D eigenvalue weighted by molar-refractivity contribution is 7.90. The zero-order chi connectivity index (χ0) is 21.2. The molecule has 0 bridgehead atoms. The lowest BCUT2D eigenvalue weighted by Gasteiger charge is -2.30. The number of hydrogen-bond acceptors (Lipinski definition) is 5. The van der Waals surface area contributed by atoms with E-state index in [-0.39, 0.29) is 9.79 Å². The molecule has 1 saturated heterocycles. The molecular weight excluding hydrogens is 412 g/mol. The normalized spacial score (nSPS) is 18.3. The van der Waals surface area contributed by atoms with Gasteiger partial charge in [0, 0.05) is 30.6 Å². The van der Waals surface area contributed by atoms with Crippen LogP contribution in [0, 0.1) is 5.92 Å². The summed E-state index contributed by atoms with van der Waals surface area (Å²) in [6.45, 7) is 3.06. The fraction of sp³-hybridized carbons (Fsp3) is 0.350. The minimum absolute atomic E-state index is 0.164. The van der Waals surface area contributed by atoms with Crippen molar-refractivity contribution >= 4 is 31.5 Å². The van der Waals surface area contributed by atoms with Crippen molar-refractivity contribution < 1.29 is 21.6 Å². The molecule has 1 fully saturated rings. The summed E-state index contributed by atoms with van der Waals surface area (Å²) in [6.07, 6.45) is 2.98. The summed E-state index contributed by atoms with van der Waals surface area (Å²) in [4.78, 5) is 12.7. The molecule has 1 atom stereocenters. The molecule has 3 rings (SSSR count). The van der Waals surface area contributed by atoms with Crippen molar-refractivity contribution in [2.45, 2.75) is 29.6 Å². The van der Waals surface area contributed by atoms with Crippen LogP contribution in [0.1, 0.15) is 30.1 Å². The van der Waals surface area contributed by atoms with Crippen LogP contribution in [0.2, 0.25) is 0 Å². The van der Waals surface area contributed by atoms with Gasteiger partial charge in [-0.1, -0.05) is 6.92 Å². The zero-order valence-electron chi connectivity index (χ0n) is 16.3. The van der Waals surface area contributed by atoms with Crippen LogP contribution in [0.5, 0.6) is 0 Å². The molecule has 2 aromatic rings. The van der Waals surface area contributed by atoms with E-state index in [9.17, 15) is 21.6 Å². The fourth-order valence-electron chi connectivity index (χ4n) is 3.28. The van der Waals surface area contributed by atoms with Crippen LogP contribution in [0.15, 0.2) is 58.3 Å². The average molecular weight is 437 g/mol. The third-order valence-electron chi connectivity index (χ3n) is 4.91. The Balaban J connectivity index is 1.72. The summed E-state index contributed by atoms with van der Waals surface area (Å²) in [6, 6.07) is 11.7. The fourth-order valence-corrected chi connectivity index (χ4v) is 5.51. The first-order chi connectivity index (χ1) is 13.6. The minimum Gasteiger partial charge on any atom is -0.322 e. The number of rotatable bonds is 5. The first kappa shape index (κ1) is 21.5. The van der Waals surface area contributed by atoms with E-state index in [1.165, 1.54) is 52.8 Å². The highest BCUT2D eigenvalue weighted by atomic mass is 32.2. The number of sulfone groups is 1. The molecular formula is C20H24N2O5S2. The summed E-state index contributed by atoms with van der Waals surface area (Å²) in [7, 11) is -6.88. The lowest BCUT2D eigenvalue weighted by atomic mass is 10.0. The molecule has 0 aliphatic carbocycles. The Bertz CT molecular complexity index is 1090. The Morgan fingerprint density at radius 2 is 1.55 bits per heavy atom. The third-order valence-corrected chi connectivity index (χ3v) is 7.92. The molecule has 9 heteroatoms. The van der Waals surface area contributed by atoms with E-state index in [0.717, 1.165) is 19.1 Å². The largest absolute Gasteiger partial charge is 0.322 e. The minimum atomic E-state index is -3.57. The van der Waals surface area contributed by atoms with E-state index in [4.69, 9.17) is 0 Å². The van der Waals surface area contributed by atoms with Gasteiger partial charge in [-0.25, -0.2) is 16.8 Å². The number of sulfonamides is 1. The van der Waals surface area contributed by atoms with Crippen molar-refractivity contribution in [3.05, 3.63) is 54.1 Å². The van der Waals surface area contributed by atoms with Gasteiger partial charge in [0.05, 0.1) is 9.79 Å². The Hall–Kier alpha value is -2.23. The maximum Gasteiger partial charge on any atom is 0.255 e. The van der Waals surface area contributed by atoms with Crippen LogP contribution in [0.3, 0.4) is 0 Å². The van der Waals surface area contributed by atoms with Gasteiger partial charge in [0.25, 0.3) is 5.91 Å². The SMILES string of the molecule is C[C@H]1CCCN(S(=O)(=O)c2ccc(C(=O)Nc3ccc(S(C)(=O)=O)cc3)cc2)C1. The Morgan fingerprint density at radius 1 is 0.966 bits per heavy atom. The van der Waals surface area contributed by atoms with Gasteiger partial charge in [-0.2, -0.15) is 4.31 Å². The van der Waals surface area contributed by atoms with Crippen LogP contribution in [-0.2, 0) is 19.9 Å². The summed E-state index contributed by atoms with van der Waals surface area (Å²) in [5.74, 6) is -0.0784. The second-order valence-corrected chi connectivity index (χ2v) is 11.3. The smallest absolute Gasteiger partial charge is 0.255 e. The molecule has 1 aliphatic rings. The molecule has 1 amide bonds. The molecule has 0 saturated carbocycles. The first-order valence-electron chi connectivity index (χ1n) is 9.29. The number of benzene rings is 2. The van der Waals surface area contributed by atoms with Gasteiger partial charge in [-0.05, 0) is 67.3 Å². The molecule has 156 valence electrons. The molecule has 0 aromatic heterocycles. The molecule has 29 heavy (non-hydrogen) atoms. The second-order valence-electron chi connectivity index (χ2n) is 7.39. The van der Waals surface area contributed by atoms with E-state index in [1.54, 1.807) is 0 Å². The second kappa shape index (κ2) is 8.25. The molecule has 2 aromatic carbocycles. The van der Waals surface area contributed by atoms with Crippen molar-refractivity contribution in [2.24, 2.45) is 5.92 Å². The van der Waals surface area contributed by atoms with Crippen molar-refractivity contribution in [1.82, 2.24) is 4.31 Å². The lowest BCUT2D eigenvalue weighted by molar-refractivity contribution is 0.102. The summed E-state index contributed by atoms with van der Waals surface area (Å²) >= 11 is 0. The highest BCUT2D eigenvalue weighted by Gasteiger charge is 2.28. The number of piperidine rings is 1. The highest BCUT2D eigenvalue weighted by Crippen LogP contribution is 2.24. The monoisotopic (exact) mass is 436 g/mol. The standard InChI is InChI=1S/C20H24N2O5S2/c1-15-4-3-13-22(14-15)29(26,27)19-9-5-16(6-10-19)20(23)21-17-7-11-18(12-8-17)28(2,24)25/h5-12,15H,3-4,13-14H2,1-2H3,(H,21,23)/t15-/m0/s1. The molecule has 1 N–H and O–H groups in total. The topological polar surface area (TPSA) is 101 Å². The van der Waals surface area contributed by atoms with Crippen LogP contribution >= 0.6 is 0 Å². The van der Waals surface area contributed by atoms with Crippen molar-refractivity contribution in [1.29, 1.82) is 0 Å². The van der Waals surface area contributed by atoms with Crippen LogP contribution in [0.25, 0.3) is 0 Å². The Kier molecular flexibility index (Phi) is 6.11. The third kappa shape index (κ3) is 5.04. The van der Waals surface area contributed by atoms with E-state index in [0.29, 0.717) is 30.3 Å². The van der Waals surface area contributed by atoms with Gasteiger partial charge in [0.1, 0.15) is 0 Å². The van der Waals surface area contributed by atoms with Crippen molar-refractivity contribution in [2.75, 3.05) is 24.7 Å². The number of nitrogens with zero attached hydrogens (tertiary/aromatic N) is 1. The maximum atomic E-state index is 12.8. The van der Waals surface area contributed by atoms with E-state index in [1.807, 2.05) is 6.92 Å². The van der Waals surface area contributed by atoms with Crippen LogP contribution in [-0.4, -0.2) is 46.4 Å². The van der Waals surface area contributed by atoms with E-state index >= 15 is 0 Å². The molecule has 0 unspecified atom stereocenters. The molecule has 7 nitrogen and oxygen atoms in total. The molecule has 1 heterocycles. The van der Waals surface area contributed by atoms with Gasteiger partial charge >= 0.3 is 0 Å². The predicted molar refractivity (Wildman–Crippen MR) is 111 cm³/mol. The summed E-state index contributed by atoms with van der Waals surface area (Å²) in [5.41, 5.74) is 0.754. The van der Waals surface area contributed by atoms with Crippen LogP contribution < -0.4 is 5.32 Å². The quantitative estimate of drug-likeness (QED) is 0.777. The molecule has 1 aliphatic heterocycles.